The predicted octanol–water partition coefficient (Wildman–Crippen LogP) is 2.48. The van der Waals surface area contributed by atoms with Crippen LogP contribution in [0.25, 0.3) is 0 Å². The molecule has 2 aliphatic heterocycles. The Bertz CT molecular complexity index is 662. The highest BCUT2D eigenvalue weighted by atomic mass is 16.7. The lowest BCUT2D eigenvalue weighted by Crippen LogP contribution is -2.54. The van der Waals surface area contributed by atoms with Gasteiger partial charge in [0.15, 0.2) is 5.79 Å². The molecule has 1 saturated carbocycles. The first-order valence-electron chi connectivity index (χ1n) is 10.1. The molecule has 3 aliphatic rings. The number of amides is 2. The van der Waals surface area contributed by atoms with Crippen molar-refractivity contribution in [3.8, 4) is 0 Å². The van der Waals surface area contributed by atoms with Gasteiger partial charge >= 0.3 is 0 Å². The first-order valence-corrected chi connectivity index (χ1v) is 10.1. The number of nitrogens with zero attached hydrogens (tertiary/aromatic N) is 1. The lowest BCUT2D eigenvalue weighted by atomic mass is 9.89. The van der Waals surface area contributed by atoms with Crippen molar-refractivity contribution in [3.63, 3.8) is 0 Å². The van der Waals surface area contributed by atoms with Crippen LogP contribution in [-0.2, 0) is 14.3 Å². The minimum atomic E-state index is -0.415. The van der Waals surface area contributed by atoms with E-state index in [1.807, 2.05) is 30.3 Å². The van der Waals surface area contributed by atoms with Crippen LogP contribution in [0.5, 0.6) is 0 Å². The van der Waals surface area contributed by atoms with Crippen LogP contribution >= 0.6 is 0 Å². The van der Waals surface area contributed by atoms with E-state index in [0.717, 1.165) is 44.9 Å². The number of likely N-dealkylation sites (tertiary alicyclic amines) is 1. The van der Waals surface area contributed by atoms with Gasteiger partial charge in [0.25, 0.3) is 5.91 Å². The van der Waals surface area contributed by atoms with Crippen molar-refractivity contribution >= 4 is 11.8 Å². The highest BCUT2D eigenvalue weighted by Crippen LogP contribution is 2.35. The molecule has 2 amide bonds. The smallest absolute Gasteiger partial charge is 0.254 e. The van der Waals surface area contributed by atoms with Crippen LogP contribution in [0.1, 0.15) is 55.3 Å². The summed E-state index contributed by atoms with van der Waals surface area (Å²) in [5, 5.41) is 3.19. The third-order valence-electron chi connectivity index (χ3n) is 5.99. The standard InChI is InChI=1S/C21H28N2O4/c24-19(22-17-9-11-21(12-10-17)26-14-15-27-21)18-8-4-5-13-23(18)20(25)16-6-2-1-3-7-16/h1-3,6-7,17-18H,4-5,8-15H2,(H,22,24)/t18-/m0/s1. The van der Waals surface area contributed by atoms with Gasteiger partial charge < -0.3 is 19.7 Å². The van der Waals surface area contributed by atoms with Crippen molar-refractivity contribution in [1.29, 1.82) is 0 Å². The van der Waals surface area contributed by atoms with E-state index in [1.165, 1.54) is 0 Å². The van der Waals surface area contributed by atoms with Crippen molar-refractivity contribution in [1.82, 2.24) is 10.2 Å². The zero-order valence-electron chi connectivity index (χ0n) is 15.7. The van der Waals surface area contributed by atoms with Crippen molar-refractivity contribution in [2.75, 3.05) is 19.8 Å². The van der Waals surface area contributed by atoms with Gasteiger partial charge in [0.05, 0.1) is 13.2 Å². The molecular weight excluding hydrogens is 344 g/mol. The van der Waals surface area contributed by atoms with Gasteiger partial charge in [-0.2, -0.15) is 0 Å². The summed E-state index contributed by atoms with van der Waals surface area (Å²) < 4.78 is 11.5. The number of rotatable bonds is 3. The molecule has 27 heavy (non-hydrogen) atoms. The van der Waals surface area contributed by atoms with Crippen molar-refractivity contribution in [2.24, 2.45) is 0 Å². The first-order chi connectivity index (χ1) is 13.2. The van der Waals surface area contributed by atoms with E-state index in [4.69, 9.17) is 9.47 Å². The molecule has 1 N–H and O–H groups in total. The van der Waals surface area contributed by atoms with Gasteiger partial charge in [-0.25, -0.2) is 0 Å². The van der Waals surface area contributed by atoms with Crippen molar-refractivity contribution < 1.29 is 19.1 Å². The van der Waals surface area contributed by atoms with Gasteiger partial charge in [0, 0.05) is 31.0 Å². The second-order valence-corrected chi connectivity index (χ2v) is 7.77. The molecule has 0 unspecified atom stereocenters. The Hall–Kier alpha value is -1.92. The lowest BCUT2D eigenvalue weighted by Gasteiger charge is -2.38. The Morgan fingerprint density at radius 3 is 2.41 bits per heavy atom. The average molecular weight is 372 g/mol. The molecule has 6 nitrogen and oxygen atoms in total. The van der Waals surface area contributed by atoms with Crippen molar-refractivity contribution in [3.05, 3.63) is 35.9 Å². The van der Waals surface area contributed by atoms with E-state index in [0.29, 0.717) is 25.3 Å². The van der Waals surface area contributed by atoms with Gasteiger partial charge in [0.1, 0.15) is 6.04 Å². The molecular formula is C21H28N2O4. The molecule has 0 bridgehead atoms. The third-order valence-corrected chi connectivity index (χ3v) is 5.99. The monoisotopic (exact) mass is 372 g/mol. The SMILES string of the molecule is O=C(NC1CCC2(CC1)OCCO2)[C@@H]1CCCCN1C(=O)c1ccccc1. The average Bonchev–Trinajstić information content (AvgIpc) is 3.18. The maximum atomic E-state index is 13.0. The van der Waals surface area contributed by atoms with E-state index >= 15 is 0 Å². The summed E-state index contributed by atoms with van der Waals surface area (Å²) in [7, 11) is 0. The maximum absolute atomic E-state index is 13.0. The van der Waals surface area contributed by atoms with E-state index in [1.54, 1.807) is 4.90 Å². The van der Waals surface area contributed by atoms with E-state index < -0.39 is 5.79 Å². The number of hydrogen-bond acceptors (Lipinski definition) is 4. The number of carbonyl (C=O) groups is 2. The van der Waals surface area contributed by atoms with Gasteiger partial charge in [0.2, 0.25) is 5.91 Å². The number of benzene rings is 1. The summed E-state index contributed by atoms with van der Waals surface area (Å²) in [4.78, 5) is 27.6. The molecule has 1 aromatic carbocycles. The summed E-state index contributed by atoms with van der Waals surface area (Å²) in [6.45, 7) is 1.96. The molecule has 4 rings (SSSR count). The Balaban J connectivity index is 1.37. The minimum absolute atomic E-state index is 0.0202. The number of ether oxygens (including phenoxy) is 2. The van der Waals surface area contributed by atoms with E-state index in [-0.39, 0.29) is 23.9 Å². The zero-order valence-corrected chi connectivity index (χ0v) is 15.7. The second-order valence-electron chi connectivity index (χ2n) is 7.77. The molecule has 146 valence electrons. The first kappa shape index (κ1) is 18.4. The third kappa shape index (κ3) is 4.01. The molecule has 3 fully saturated rings. The molecule has 1 spiro atoms. The molecule has 6 heteroatoms. The summed E-state index contributed by atoms with van der Waals surface area (Å²) in [5.41, 5.74) is 0.646. The molecule has 1 atom stereocenters. The number of piperidine rings is 1. The Labute approximate surface area is 160 Å². The number of hydrogen-bond donors (Lipinski definition) is 1. The second kappa shape index (κ2) is 7.98. The fourth-order valence-corrected chi connectivity index (χ4v) is 4.48. The van der Waals surface area contributed by atoms with Gasteiger partial charge in [-0.15, -0.1) is 0 Å². The van der Waals surface area contributed by atoms with Gasteiger partial charge in [-0.1, -0.05) is 18.2 Å². The minimum Gasteiger partial charge on any atom is -0.352 e. The lowest BCUT2D eigenvalue weighted by molar-refractivity contribution is -0.180. The highest BCUT2D eigenvalue weighted by molar-refractivity contribution is 5.97. The summed E-state index contributed by atoms with van der Waals surface area (Å²) in [5.74, 6) is -0.486. The van der Waals surface area contributed by atoms with Crippen LogP contribution < -0.4 is 5.32 Å². The largest absolute Gasteiger partial charge is 0.352 e. The topological polar surface area (TPSA) is 67.9 Å². The number of nitrogens with one attached hydrogen (secondary N) is 1. The predicted molar refractivity (Wildman–Crippen MR) is 100 cm³/mol. The Morgan fingerprint density at radius 2 is 1.70 bits per heavy atom. The van der Waals surface area contributed by atoms with Gasteiger partial charge in [-0.05, 0) is 44.2 Å². The molecule has 2 saturated heterocycles. The number of carbonyl (C=O) groups excluding carboxylic acids is 2. The Morgan fingerprint density at radius 1 is 1.00 bits per heavy atom. The quantitative estimate of drug-likeness (QED) is 0.885. The normalized spacial score (nSPS) is 25.5. The van der Waals surface area contributed by atoms with Crippen molar-refractivity contribution in [2.45, 2.75) is 62.8 Å². The fraction of sp³-hybridized carbons (Fsp3) is 0.619. The maximum Gasteiger partial charge on any atom is 0.254 e. The van der Waals surface area contributed by atoms with E-state index in [9.17, 15) is 9.59 Å². The van der Waals surface area contributed by atoms with Crippen LogP contribution in [0, 0.1) is 0 Å². The molecule has 1 aromatic rings. The molecule has 2 heterocycles. The van der Waals surface area contributed by atoms with Crippen LogP contribution in [0.4, 0.5) is 0 Å². The van der Waals surface area contributed by atoms with Crippen LogP contribution in [-0.4, -0.2) is 54.3 Å². The summed E-state index contributed by atoms with van der Waals surface area (Å²) in [6, 6.07) is 8.99. The zero-order chi connectivity index (χ0) is 18.7. The highest BCUT2D eigenvalue weighted by Gasteiger charge is 2.41. The molecule has 0 aromatic heterocycles. The molecule has 1 aliphatic carbocycles. The van der Waals surface area contributed by atoms with Crippen LogP contribution in [0.2, 0.25) is 0 Å². The summed E-state index contributed by atoms with van der Waals surface area (Å²) in [6.07, 6.45) is 5.99. The van der Waals surface area contributed by atoms with Crippen LogP contribution in [0.3, 0.4) is 0 Å². The van der Waals surface area contributed by atoms with Crippen LogP contribution in [0.15, 0.2) is 30.3 Å². The summed E-state index contributed by atoms with van der Waals surface area (Å²) >= 11 is 0. The van der Waals surface area contributed by atoms with Gasteiger partial charge in [-0.3, -0.25) is 9.59 Å². The fourth-order valence-electron chi connectivity index (χ4n) is 4.48. The van der Waals surface area contributed by atoms with E-state index in [2.05, 4.69) is 5.32 Å². The Kier molecular flexibility index (Phi) is 5.45. The molecule has 0 radical (unpaired) electrons.